The van der Waals surface area contributed by atoms with Gasteiger partial charge < -0.3 is 9.64 Å². The highest BCUT2D eigenvalue weighted by Gasteiger charge is 2.37. The average molecular weight is 400 g/mol. The Labute approximate surface area is 167 Å². The summed E-state index contributed by atoms with van der Waals surface area (Å²) >= 11 is 6.10. The summed E-state index contributed by atoms with van der Waals surface area (Å²) in [4.78, 5) is 40.2. The van der Waals surface area contributed by atoms with E-state index in [1.165, 1.54) is 31.4 Å². The van der Waals surface area contributed by atoms with Crippen LogP contribution in [-0.4, -0.2) is 39.1 Å². The molecule has 1 aliphatic heterocycles. The first-order valence-electron chi connectivity index (χ1n) is 8.34. The molecule has 1 fully saturated rings. The van der Waals surface area contributed by atoms with Crippen molar-refractivity contribution in [3.63, 3.8) is 0 Å². The third-order valence-electron chi connectivity index (χ3n) is 4.22. The Balaban J connectivity index is 1.96. The molecule has 0 bridgehead atoms. The molecule has 0 radical (unpaired) electrons. The number of nitrogens with zero attached hydrogens (tertiary/aromatic N) is 2. The second-order valence-electron chi connectivity index (χ2n) is 6.26. The lowest BCUT2D eigenvalue weighted by Crippen LogP contribution is -2.54. The zero-order valence-corrected chi connectivity index (χ0v) is 16.3. The number of imide groups is 2. The van der Waals surface area contributed by atoms with Crippen LogP contribution in [0.5, 0.6) is 5.75 Å². The molecule has 1 aliphatic rings. The molecule has 8 heteroatoms. The summed E-state index contributed by atoms with van der Waals surface area (Å²) < 4.78 is 5.08. The number of carbonyl (C=O) groups excluding carboxylic acids is 3. The number of hydrogen-bond acceptors (Lipinski definition) is 5. The minimum atomic E-state index is -0.837. The quantitative estimate of drug-likeness (QED) is 0.631. The molecule has 1 N–H and O–H groups in total. The van der Waals surface area contributed by atoms with Crippen molar-refractivity contribution in [2.24, 2.45) is 0 Å². The van der Waals surface area contributed by atoms with Crippen LogP contribution >= 0.6 is 11.6 Å². The van der Waals surface area contributed by atoms with E-state index >= 15 is 0 Å². The number of hydrogen-bond donors (Lipinski definition) is 1. The fourth-order valence-corrected chi connectivity index (χ4v) is 2.97. The zero-order chi connectivity index (χ0) is 20.4. The van der Waals surface area contributed by atoms with Crippen molar-refractivity contribution in [3.05, 3.63) is 58.6 Å². The van der Waals surface area contributed by atoms with E-state index in [4.69, 9.17) is 16.3 Å². The Bertz CT molecular complexity index is 983. The highest BCUT2D eigenvalue weighted by Crippen LogP contribution is 2.31. The molecule has 3 rings (SSSR count). The maximum Gasteiger partial charge on any atom is 0.335 e. The Morgan fingerprint density at radius 2 is 1.75 bits per heavy atom. The third-order valence-corrected chi connectivity index (χ3v) is 4.51. The molecule has 0 unspecified atom stereocenters. The smallest absolute Gasteiger partial charge is 0.335 e. The van der Waals surface area contributed by atoms with Crippen LogP contribution in [0.4, 0.5) is 16.2 Å². The summed E-state index contributed by atoms with van der Waals surface area (Å²) in [7, 11) is 5.28. The van der Waals surface area contributed by atoms with Gasteiger partial charge in [0, 0.05) is 19.8 Å². The van der Waals surface area contributed by atoms with Crippen LogP contribution in [0.1, 0.15) is 5.56 Å². The minimum Gasteiger partial charge on any atom is -0.495 e. The van der Waals surface area contributed by atoms with Crippen LogP contribution in [0.15, 0.2) is 48.0 Å². The third kappa shape index (κ3) is 3.70. The van der Waals surface area contributed by atoms with E-state index in [-0.39, 0.29) is 16.3 Å². The van der Waals surface area contributed by atoms with Gasteiger partial charge in [0.2, 0.25) is 0 Å². The van der Waals surface area contributed by atoms with E-state index in [2.05, 4.69) is 5.32 Å². The van der Waals surface area contributed by atoms with Gasteiger partial charge in [0.1, 0.15) is 11.3 Å². The Hall–Kier alpha value is -3.32. The first-order chi connectivity index (χ1) is 13.3. The predicted molar refractivity (Wildman–Crippen MR) is 108 cm³/mol. The minimum absolute atomic E-state index is 0.149. The van der Waals surface area contributed by atoms with Crippen LogP contribution in [0.2, 0.25) is 5.02 Å². The van der Waals surface area contributed by atoms with Gasteiger partial charge in [0.15, 0.2) is 0 Å². The molecule has 0 saturated carbocycles. The predicted octanol–water partition coefficient (Wildman–Crippen LogP) is 3.08. The van der Waals surface area contributed by atoms with Crippen LogP contribution < -0.4 is 19.9 Å². The van der Waals surface area contributed by atoms with Gasteiger partial charge >= 0.3 is 6.03 Å². The lowest BCUT2D eigenvalue weighted by molar-refractivity contribution is -0.122. The van der Waals surface area contributed by atoms with Crippen molar-refractivity contribution in [1.29, 1.82) is 0 Å². The number of methoxy groups -OCH3 is 1. The molecular formula is C20H18ClN3O4. The normalized spacial score (nSPS) is 15.6. The van der Waals surface area contributed by atoms with Crippen LogP contribution in [0.25, 0.3) is 6.08 Å². The van der Waals surface area contributed by atoms with Gasteiger partial charge in [-0.3, -0.25) is 14.9 Å². The molecule has 0 atom stereocenters. The van der Waals surface area contributed by atoms with Crippen molar-refractivity contribution in [2.45, 2.75) is 0 Å². The molecule has 2 aromatic rings. The molecule has 1 heterocycles. The summed E-state index contributed by atoms with van der Waals surface area (Å²) in [5.41, 5.74) is 1.72. The molecule has 2 aromatic carbocycles. The summed E-state index contributed by atoms with van der Waals surface area (Å²) in [6.07, 6.45) is 1.45. The standard InChI is InChI=1S/C20H18ClN3O4/c1-23(2)13-6-4-12(5-7-13)10-15-18(25)22-20(27)24(19(15)26)14-8-9-17(28-3)16(21)11-14/h4-11H,1-3H3,(H,22,25,27). The van der Waals surface area contributed by atoms with Gasteiger partial charge in [-0.05, 0) is 42.0 Å². The van der Waals surface area contributed by atoms with Gasteiger partial charge in [-0.25, -0.2) is 9.69 Å². The number of barbiturate groups is 1. The molecule has 0 aliphatic carbocycles. The SMILES string of the molecule is COc1ccc(N2C(=O)NC(=O)C(=Cc3ccc(N(C)C)cc3)C2=O)cc1Cl. The Morgan fingerprint density at radius 1 is 1.07 bits per heavy atom. The van der Waals surface area contributed by atoms with Crippen LogP contribution in [0.3, 0.4) is 0 Å². The zero-order valence-electron chi connectivity index (χ0n) is 15.5. The monoisotopic (exact) mass is 399 g/mol. The van der Waals surface area contributed by atoms with Crippen molar-refractivity contribution < 1.29 is 19.1 Å². The first-order valence-corrected chi connectivity index (χ1v) is 8.72. The summed E-state index contributed by atoms with van der Waals surface area (Å²) in [5.74, 6) is -1.07. The van der Waals surface area contributed by atoms with Gasteiger partial charge in [-0.1, -0.05) is 23.7 Å². The number of benzene rings is 2. The molecule has 144 valence electrons. The molecule has 28 heavy (non-hydrogen) atoms. The van der Waals surface area contributed by atoms with Gasteiger partial charge in [-0.15, -0.1) is 0 Å². The average Bonchev–Trinajstić information content (AvgIpc) is 2.65. The van der Waals surface area contributed by atoms with E-state index in [0.29, 0.717) is 11.3 Å². The Kier molecular flexibility index (Phi) is 5.37. The maximum atomic E-state index is 12.9. The number of urea groups is 1. The van der Waals surface area contributed by atoms with E-state index in [9.17, 15) is 14.4 Å². The van der Waals surface area contributed by atoms with E-state index in [1.807, 2.05) is 31.1 Å². The lowest BCUT2D eigenvalue weighted by Gasteiger charge is -2.26. The number of anilines is 2. The van der Waals surface area contributed by atoms with Crippen LogP contribution in [0, 0.1) is 0 Å². The number of amides is 4. The molecule has 7 nitrogen and oxygen atoms in total. The number of nitrogens with one attached hydrogen (secondary N) is 1. The van der Waals surface area contributed by atoms with E-state index in [0.717, 1.165) is 10.6 Å². The first kappa shape index (κ1) is 19.4. The van der Waals surface area contributed by atoms with Gasteiger partial charge in [0.25, 0.3) is 11.8 Å². The second-order valence-corrected chi connectivity index (χ2v) is 6.67. The maximum absolute atomic E-state index is 12.9. The fraction of sp³-hybridized carbons (Fsp3) is 0.150. The van der Waals surface area contributed by atoms with E-state index in [1.54, 1.807) is 12.1 Å². The largest absolute Gasteiger partial charge is 0.495 e. The van der Waals surface area contributed by atoms with E-state index < -0.39 is 17.8 Å². The molecule has 0 spiro atoms. The molecular weight excluding hydrogens is 382 g/mol. The van der Waals surface area contributed by atoms with Crippen molar-refractivity contribution in [3.8, 4) is 5.75 Å². The van der Waals surface area contributed by atoms with Crippen LogP contribution in [-0.2, 0) is 9.59 Å². The molecule has 1 saturated heterocycles. The number of ether oxygens (including phenoxy) is 1. The topological polar surface area (TPSA) is 79.0 Å². The van der Waals surface area contributed by atoms with Gasteiger partial charge in [0.05, 0.1) is 17.8 Å². The number of rotatable bonds is 4. The Morgan fingerprint density at radius 3 is 2.32 bits per heavy atom. The fourth-order valence-electron chi connectivity index (χ4n) is 2.72. The van der Waals surface area contributed by atoms with Crippen molar-refractivity contribution in [1.82, 2.24) is 5.32 Å². The summed E-state index contributed by atoms with van der Waals surface area (Å²) in [6, 6.07) is 10.9. The number of halogens is 1. The van der Waals surface area contributed by atoms with Gasteiger partial charge in [-0.2, -0.15) is 0 Å². The highest BCUT2D eigenvalue weighted by molar-refractivity contribution is 6.39. The van der Waals surface area contributed by atoms with Crippen molar-refractivity contribution >= 4 is 46.9 Å². The summed E-state index contributed by atoms with van der Waals surface area (Å²) in [6.45, 7) is 0. The van der Waals surface area contributed by atoms with Crippen molar-refractivity contribution in [2.75, 3.05) is 31.0 Å². The lowest BCUT2D eigenvalue weighted by atomic mass is 10.1. The second kappa shape index (κ2) is 7.74. The molecule has 4 amide bonds. The highest BCUT2D eigenvalue weighted by atomic mass is 35.5. The summed E-state index contributed by atoms with van der Waals surface area (Å²) in [5, 5.41) is 2.42. The molecule has 0 aromatic heterocycles. The number of carbonyl (C=O) groups is 3.